The molecule has 238 valence electrons. The van der Waals surface area contributed by atoms with E-state index in [0.29, 0.717) is 24.3 Å². The summed E-state index contributed by atoms with van der Waals surface area (Å²) in [5, 5.41) is 0. The van der Waals surface area contributed by atoms with Crippen LogP contribution in [0.3, 0.4) is 0 Å². The third kappa shape index (κ3) is 19.1. The molecule has 0 rings (SSSR count). The third-order valence-corrected chi connectivity index (χ3v) is 6.29. The molecule has 0 aliphatic heterocycles. The van der Waals surface area contributed by atoms with Crippen molar-refractivity contribution in [3.8, 4) is 0 Å². The van der Waals surface area contributed by atoms with E-state index in [9.17, 15) is 26.3 Å². The number of allylic oxidation sites excluding steroid dienone is 9. The highest BCUT2D eigenvalue weighted by Crippen LogP contribution is 2.34. The van der Waals surface area contributed by atoms with Crippen molar-refractivity contribution in [1.82, 2.24) is 0 Å². The Kier molecular flexibility index (Phi) is 19.4. The first-order valence-electron chi connectivity index (χ1n) is 13.7. The molecule has 0 amide bonds. The molecule has 0 spiro atoms. The SMILES string of the molecule is C=C.C=C(/C=C/C(=C)C(=C)/C(F)=C\C(=C)OC(F)(F)C(C)CCC(C)C(=C)/C=C\CC(C)CCC(C)C)OC(F)(F)F. The summed E-state index contributed by atoms with van der Waals surface area (Å²) in [7, 11) is 0. The molecule has 0 aromatic rings. The van der Waals surface area contributed by atoms with Crippen LogP contribution in [-0.4, -0.2) is 12.5 Å². The van der Waals surface area contributed by atoms with E-state index >= 15 is 0 Å². The summed E-state index contributed by atoms with van der Waals surface area (Å²) in [5.74, 6) is -2.48. The first-order valence-corrected chi connectivity index (χ1v) is 13.7. The summed E-state index contributed by atoms with van der Waals surface area (Å²) in [4.78, 5) is 0. The van der Waals surface area contributed by atoms with E-state index in [-0.39, 0.29) is 23.5 Å². The molecule has 0 aliphatic carbocycles. The van der Waals surface area contributed by atoms with Gasteiger partial charge in [0.1, 0.15) is 17.3 Å². The smallest absolute Gasteiger partial charge is 0.433 e. The molecule has 2 nitrogen and oxygen atoms in total. The lowest BCUT2D eigenvalue weighted by molar-refractivity contribution is -0.303. The summed E-state index contributed by atoms with van der Waals surface area (Å²) in [6.45, 7) is 33.2. The van der Waals surface area contributed by atoms with Gasteiger partial charge in [0.05, 0.1) is 5.92 Å². The molecule has 0 radical (unpaired) electrons. The summed E-state index contributed by atoms with van der Waals surface area (Å²) in [5.41, 5.74) is 0.358. The van der Waals surface area contributed by atoms with Gasteiger partial charge in [0, 0.05) is 11.6 Å². The second kappa shape index (κ2) is 19.9. The van der Waals surface area contributed by atoms with Gasteiger partial charge in [-0.25, -0.2) is 4.39 Å². The Morgan fingerprint density at radius 2 is 1.31 bits per heavy atom. The summed E-state index contributed by atoms with van der Waals surface area (Å²) in [6, 6.07) is 0. The standard InChI is InChI=1S/C32H44F6O2.C2H4/c1-21(2)14-15-22(3)12-11-13-23(4)24(5)16-18-26(7)31(34,35)39-28(9)20-30(33)29(10)25(6)17-19-27(8)40-32(36,37)38;1-2/h11,13,17,19-22,24,26H,4,6,8-10,12,14-16,18H2,1-3,5,7H3;1-2H2/b13-11-,19-17+,30-20+;. The van der Waals surface area contributed by atoms with Crippen molar-refractivity contribution in [2.75, 3.05) is 0 Å². The van der Waals surface area contributed by atoms with E-state index in [2.05, 4.69) is 82.4 Å². The molecule has 3 unspecified atom stereocenters. The number of hydrogen-bond donors (Lipinski definition) is 0. The molecular weight excluding hydrogens is 554 g/mol. The minimum absolute atomic E-state index is 0.0129. The van der Waals surface area contributed by atoms with Gasteiger partial charge in [0.2, 0.25) is 0 Å². The Bertz CT molecular complexity index is 998. The van der Waals surface area contributed by atoms with E-state index in [4.69, 9.17) is 0 Å². The zero-order valence-electron chi connectivity index (χ0n) is 25.8. The third-order valence-electron chi connectivity index (χ3n) is 6.29. The molecule has 0 saturated heterocycles. The number of halogens is 6. The van der Waals surface area contributed by atoms with Crippen LogP contribution in [0.25, 0.3) is 0 Å². The lowest BCUT2D eigenvalue weighted by Gasteiger charge is -2.25. The predicted molar refractivity (Wildman–Crippen MR) is 163 cm³/mol. The van der Waals surface area contributed by atoms with Crippen LogP contribution in [0, 0.1) is 23.7 Å². The fourth-order valence-electron chi connectivity index (χ4n) is 3.37. The highest BCUT2D eigenvalue weighted by Gasteiger charge is 2.39. The lowest BCUT2D eigenvalue weighted by atomic mass is 9.91. The summed E-state index contributed by atoms with van der Waals surface area (Å²) in [6.07, 6.45) is 1.75. The largest absolute Gasteiger partial charge is 0.573 e. The molecule has 0 saturated carbocycles. The van der Waals surface area contributed by atoms with Gasteiger partial charge in [-0.05, 0) is 48.7 Å². The molecule has 0 heterocycles. The van der Waals surface area contributed by atoms with Gasteiger partial charge in [-0.2, -0.15) is 8.78 Å². The molecule has 0 aromatic carbocycles. The van der Waals surface area contributed by atoms with Crippen molar-refractivity contribution >= 4 is 0 Å². The summed E-state index contributed by atoms with van der Waals surface area (Å²) < 4.78 is 88.5. The average molecular weight is 603 g/mol. The molecule has 0 aromatic heterocycles. The average Bonchev–Trinajstić information content (AvgIpc) is 2.87. The van der Waals surface area contributed by atoms with E-state index in [1.54, 1.807) is 0 Å². The number of ether oxygens (including phenoxy) is 2. The fraction of sp³-hybridized carbons (Fsp3) is 0.471. The van der Waals surface area contributed by atoms with E-state index in [1.165, 1.54) is 13.3 Å². The second-order valence-corrected chi connectivity index (χ2v) is 10.6. The van der Waals surface area contributed by atoms with Crippen molar-refractivity contribution < 1.29 is 35.8 Å². The zero-order chi connectivity index (χ0) is 33.3. The Balaban J connectivity index is 0. The number of alkyl halides is 5. The van der Waals surface area contributed by atoms with Gasteiger partial charge in [-0.1, -0.05) is 104 Å². The van der Waals surface area contributed by atoms with Crippen LogP contribution in [-0.2, 0) is 9.47 Å². The predicted octanol–water partition coefficient (Wildman–Crippen LogP) is 12.1. The highest BCUT2D eigenvalue weighted by molar-refractivity contribution is 5.47. The van der Waals surface area contributed by atoms with Crippen LogP contribution < -0.4 is 0 Å². The summed E-state index contributed by atoms with van der Waals surface area (Å²) >= 11 is 0. The van der Waals surface area contributed by atoms with Crippen molar-refractivity contribution in [2.45, 2.75) is 79.2 Å². The molecule has 0 fully saturated rings. The van der Waals surface area contributed by atoms with Crippen molar-refractivity contribution in [1.29, 1.82) is 0 Å². The number of hydrogen-bond acceptors (Lipinski definition) is 2. The van der Waals surface area contributed by atoms with Gasteiger partial charge < -0.3 is 9.47 Å². The maximum absolute atomic E-state index is 14.7. The van der Waals surface area contributed by atoms with E-state index in [0.717, 1.165) is 30.6 Å². The lowest BCUT2D eigenvalue weighted by Crippen LogP contribution is -2.29. The molecule has 0 N–H and O–H groups in total. The van der Waals surface area contributed by atoms with Crippen LogP contribution in [0.4, 0.5) is 26.3 Å². The Morgan fingerprint density at radius 3 is 1.83 bits per heavy atom. The van der Waals surface area contributed by atoms with Crippen LogP contribution in [0.2, 0.25) is 0 Å². The topological polar surface area (TPSA) is 18.5 Å². The Hall–Kier alpha value is -3.16. The van der Waals surface area contributed by atoms with E-state index < -0.39 is 35.7 Å². The Morgan fingerprint density at radius 1 is 0.738 bits per heavy atom. The molecular formula is C34H48F6O2. The quantitative estimate of drug-likeness (QED) is 0.0634. The number of rotatable bonds is 19. The molecule has 3 atom stereocenters. The van der Waals surface area contributed by atoms with Gasteiger partial charge in [-0.15, -0.1) is 26.3 Å². The van der Waals surface area contributed by atoms with Gasteiger partial charge in [-0.3, -0.25) is 0 Å². The van der Waals surface area contributed by atoms with Crippen LogP contribution in [0.1, 0.15) is 66.7 Å². The molecule has 8 heteroatoms. The van der Waals surface area contributed by atoms with Crippen LogP contribution in [0.15, 0.2) is 110 Å². The molecule has 42 heavy (non-hydrogen) atoms. The minimum atomic E-state index is -4.93. The van der Waals surface area contributed by atoms with E-state index in [1.807, 2.05) is 13.0 Å². The van der Waals surface area contributed by atoms with Crippen molar-refractivity contribution in [3.05, 3.63) is 110 Å². The Labute approximate surface area is 249 Å². The molecule has 0 aliphatic rings. The van der Waals surface area contributed by atoms with Crippen molar-refractivity contribution in [2.24, 2.45) is 23.7 Å². The zero-order valence-corrected chi connectivity index (χ0v) is 25.8. The van der Waals surface area contributed by atoms with Gasteiger partial charge in [0.15, 0.2) is 0 Å². The van der Waals surface area contributed by atoms with Crippen LogP contribution in [0.5, 0.6) is 0 Å². The highest BCUT2D eigenvalue weighted by atomic mass is 19.4. The van der Waals surface area contributed by atoms with Gasteiger partial charge in [0.25, 0.3) is 0 Å². The maximum Gasteiger partial charge on any atom is 0.573 e. The van der Waals surface area contributed by atoms with Crippen molar-refractivity contribution in [3.63, 3.8) is 0 Å². The maximum atomic E-state index is 14.7. The monoisotopic (exact) mass is 602 g/mol. The first kappa shape index (κ1) is 41.0. The molecule has 0 bridgehead atoms. The fourth-order valence-corrected chi connectivity index (χ4v) is 3.37. The van der Waals surface area contributed by atoms with Crippen LogP contribution >= 0.6 is 0 Å². The first-order chi connectivity index (χ1) is 19.2. The minimum Gasteiger partial charge on any atom is -0.433 e. The van der Waals surface area contributed by atoms with Gasteiger partial charge >= 0.3 is 12.5 Å². The second-order valence-electron chi connectivity index (χ2n) is 10.6. The normalized spacial score (nSPS) is 14.6.